The first-order chi connectivity index (χ1) is 9.51. The van der Waals surface area contributed by atoms with E-state index in [1.165, 1.54) is 4.88 Å². The normalized spacial score (nSPS) is 11.9. The molecule has 0 aliphatic carbocycles. The van der Waals surface area contributed by atoms with Gasteiger partial charge in [-0.05, 0) is 45.6 Å². The van der Waals surface area contributed by atoms with Crippen molar-refractivity contribution in [3.8, 4) is 0 Å². The molecule has 1 aromatic heterocycles. The van der Waals surface area contributed by atoms with Gasteiger partial charge in [0.1, 0.15) is 0 Å². The van der Waals surface area contributed by atoms with Crippen molar-refractivity contribution in [1.82, 2.24) is 16.0 Å². The van der Waals surface area contributed by atoms with Crippen LogP contribution >= 0.6 is 35.3 Å². The number of hydrogen-bond donors (Lipinski definition) is 3. The molecule has 0 fully saturated rings. The molecule has 0 aliphatic rings. The van der Waals surface area contributed by atoms with Gasteiger partial charge in [-0.25, -0.2) is 0 Å². The van der Waals surface area contributed by atoms with Crippen molar-refractivity contribution in [2.24, 2.45) is 4.99 Å². The molecule has 6 heteroatoms. The van der Waals surface area contributed by atoms with E-state index in [0.29, 0.717) is 0 Å². The molecule has 0 aromatic carbocycles. The molecule has 0 unspecified atom stereocenters. The molecule has 122 valence electrons. The van der Waals surface area contributed by atoms with Crippen LogP contribution in [0.4, 0.5) is 0 Å². The Balaban J connectivity index is 0.00000400. The minimum absolute atomic E-state index is 0. The van der Waals surface area contributed by atoms with Crippen molar-refractivity contribution in [1.29, 1.82) is 0 Å². The van der Waals surface area contributed by atoms with Gasteiger partial charge < -0.3 is 16.0 Å². The van der Waals surface area contributed by atoms with Crippen molar-refractivity contribution < 1.29 is 0 Å². The average Bonchev–Trinajstić information content (AvgIpc) is 2.86. The van der Waals surface area contributed by atoms with Gasteiger partial charge in [0.25, 0.3) is 0 Å². The number of aliphatic imine (C=N–C) groups is 1. The van der Waals surface area contributed by atoms with Crippen LogP contribution in [0.1, 0.15) is 32.6 Å². The monoisotopic (exact) mass is 424 g/mol. The lowest BCUT2D eigenvalue weighted by atomic mass is 10.1. The lowest BCUT2D eigenvalue weighted by molar-refractivity contribution is 0.432. The van der Waals surface area contributed by atoms with Crippen LogP contribution in [-0.4, -0.2) is 37.7 Å². The van der Waals surface area contributed by atoms with Crippen molar-refractivity contribution in [3.63, 3.8) is 0 Å². The number of guanidine groups is 1. The third kappa shape index (κ3) is 11.0. The Bertz CT molecular complexity index is 385. The number of halogens is 1. The molecular weight excluding hydrogens is 395 g/mol. The molecule has 0 amide bonds. The minimum atomic E-state index is 0. The van der Waals surface area contributed by atoms with Gasteiger partial charge in [-0.1, -0.05) is 6.07 Å². The molecule has 0 atom stereocenters. The molecule has 0 saturated carbocycles. The Kier molecular flexibility index (Phi) is 11.1. The summed E-state index contributed by atoms with van der Waals surface area (Å²) in [6.07, 6.45) is 1.04. The first-order valence-corrected chi connectivity index (χ1v) is 8.19. The summed E-state index contributed by atoms with van der Waals surface area (Å²) in [5.74, 6) is 0.903. The minimum Gasteiger partial charge on any atom is -0.357 e. The molecule has 1 rings (SSSR count). The lowest BCUT2D eigenvalue weighted by Gasteiger charge is -2.20. The second kappa shape index (κ2) is 11.3. The van der Waals surface area contributed by atoms with Crippen LogP contribution in [0.25, 0.3) is 0 Å². The Morgan fingerprint density at radius 1 is 1.24 bits per heavy atom. The highest BCUT2D eigenvalue weighted by Gasteiger charge is 2.07. The molecule has 1 heterocycles. The maximum absolute atomic E-state index is 4.57. The molecule has 0 aliphatic heterocycles. The number of thiophene rings is 1. The molecule has 21 heavy (non-hydrogen) atoms. The molecular formula is C15H29IN4S. The summed E-state index contributed by atoms with van der Waals surface area (Å²) in [6, 6.07) is 4.27. The average molecular weight is 424 g/mol. The highest BCUT2D eigenvalue weighted by molar-refractivity contribution is 14.0. The predicted octanol–water partition coefficient (Wildman–Crippen LogP) is 2.85. The summed E-state index contributed by atoms with van der Waals surface area (Å²) in [5, 5.41) is 12.2. The van der Waals surface area contributed by atoms with E-state index in [0.717, 1.165) is 38.6 Å². The Hall–Kier alpha value is -0.340. The fraction of sp³-hybridized carbons (Fsp3) is 0.667. The zero-order valence-corrected chi connectivity index (χ0v) is 16.7. The van der Waals surface area contributed by atoms with Crippen LogP contribution in [0.3, 0.4) is 0 Å². The van der Waals surface area contributed by atoms with E-state index < -0.39 is 0 Å². The largest absolute Gasteiger partial charge is 0.357 e. The van der Waals surface area contributed by atoms with Gasteiger partial charge in [-0.15, -0.1) is 35.3 Å². The van der Waals surface area contributed by atoms with Gasteiger partial charge in [-0.2, -0.15) is 0 Å². The van der Waals surface area contributed by atoms with E-state index in [9.17, 15) is 0 Å². The van der Waals surface area contributed by atoms with Gasteiger partial charge in [0, 0.05) is 30.1 Å². The molecule has 0 radical (unpaired) electrons. The van der Waals surface area contributed by atoms with E-state index in [-0.39, 0.29) is 29.5 Å². The summed E-state index contributed by atoms with van der Waals surface area (Å²) >= 11 is 1.80. The fourth-order valence-corrected chi connectivity index (χ4v) is 2.41. The number of hydrogen-bond acceptors (Lipinski definition) is 3. The van der Waals surface area contributed by atoms with E-state index in [1.807, 2.05) is 0 Å². The quantitative estimate of drug-likeness (QED) is 0.273. The number of nitrogens with one attached hydrogen (secondary N) is 3. The molecule has 4 nitrogen and oxygen atoms in total. The van der Waals surface area contributed by atoms with E-state index in [1.54, 1.807) is 11.3 Å². The van der Waals surface area contributed by atoms with Gasteiger partial charge in [0.05, 0.1) is 6.54 Å². The lowest BCUT2D eigenvalue weighted by Crippen LogP contribution is -2.40. The zero-order valence-electron chi connectivity index (χ0n) is 13.5. The Labute approximate surface area is 150 Å². The van der Waals surface area contributed by atoms with E-state index in [4.69, 9.17) is 0 Å². The smallest absolute Gasteiger partial charge is 0.191 e. The van der Waals surface area contributed by atoms with Crippen LogP contribution < -0.4 is 16.0 Å². The van der Waals surface area contributed by atoms with Crippen LogP contribution in [-0.2, 0) is 6.42 Å². The third-order valence-electron chi connectivity index (χ3n) is 2.63. The maximum Gasteiger partial charge on any atom is 0.191 e. The highest BCUT2D eigenvalue weighted by Crippen LogP contribution is 2.07. The zero-order chi connectivity index (χ0) is 14.8. The summed E-state index contributed by atoms with van der Waals surface area (Å²) < 4.78 is 0. The molecule has 3 N–H and O–H groups in total. The van der Waals surface area contributed by atoms with Crippen LogP contribution in [0.2, 0.25) is 0 Å². The topological polar surface area (TPSA) is 48.5 Å². The van der Waals surface area contributed by atoms with Gasteiger partial charge in [0.2, 0.25) is 0 Å². The van der Waals surface area contributed by atoms with E-state index >= 15 is 0 Å². The standard InChI is InChI=1S/C15H28N4S.HI/c1-5-16-14(18-10-11-19-15(2,3)4)17-9-8-13-7-6-12-20-13;/h6-7,12,19H,5,8-11H2,1-4H3,(H2,16,17,18);1H. The van der Waals surface area contributed by atoms with Crippen molar-refractivity contribution in [2.75, 3.05) is 26.2 Å². The first kappa shape index (κ1) is 20.7. The summed E-state index contributed by atoms with van der Waals surface area (Å²) in [7, 11) is 0. The van der Waals surface area contributed by atoms with Crippen molar-refractivity contribution in [3.05, 3.63) is 22.4 Å². The number of nitrogens with zero attached hydrogens (tertiary/aromatic N) is 1. The van der Waals surface area contributed by atoms with Crippen LogP contribution in [0.15, 0.2) is 22.5 Å². The van der Waals surface area contributed by atoms with Gasteiger partial charge in [-0.3, -0.25) is 4.99 Å². The maximum atomic E-state index is 4.57. The van der Waals surface area contributed by atoms with Gasteiger partial charge in [0.15, 0.2) is 5.96 Å². The number of rotatable bonds is 7. The van der Waals surface area contributed by atoms with Gasteiger partial charge >= 0.3 is 0 Å². The molecule has 0 saturated heterocycles. The summed E-state index contributed by atoms with van der Waals surface area (Å²) in [5.41, 5.74) is 0.153. The molecule has 0 spiro atoms. The third-order valence-corrected chi connectivity index (χ3v) is 3.56. The molecule has 0 bridgehead atoms. The summed E-state index contributed by atoms with van der Waals surface area (Å²) in [4.78, 5) is 5.98. The first-order valence-electron chi connectivity index (χ1n) is 7.31. The van der Waals surface area contributed by atoms with Crippen LogP contribution in [0, 0.1) is 0 Å². The Morgan fingerprint density at radius 2 is 2.00 bits per heavy atom. The second-order valence-corrected chi connectivity index (χ2v) is 6.73. The Morgan fingerprint density at radius 3 is 2.57 bits per heavy atom. The fourth-order valence-electron chi connectivity index (χ4n) is 1.70. The van der Waals surface area contributed by atoms with Crippen LogP contribution in [0.5, 0.6) is 0 Å². The SMILES string of the molecule is CCNC(=NCCNC(C)(C)C)NCCc1cccs1.I. The highest BCUT2D eigenvalue weighted by atomic mass is 127. The van der Waals surface area contributed by atoms with E-state index in [2.05, 4.69) is 66.2 Å². The molecule has 1 aromatic rings. The van der Waals surface area contributed by atoms with Crippen molar-refractivity contribution in [2.45, 2.75) is 39.7 Å². The second-order valence-electron chi connectivity index (χ2n) is 5.69. The predicted molar refractivity (Wildman–Crippen MR) is 105 cm³/mol. The summed E-state index contributed by atoms with van der Waals surface area (Å²) in [6.45, 7) is 12.1. The van der Waals surface area contributed by atoms with Crippen molar-refractivity contribution >= 4 is 41.3 Å².